The number of aromatic hydroxyl groups is 1. The number of phenolic OH excluding ortho intramolecular Hbond substituents is 1. The highest BCUT2D eigenvalue weighted by molar-refractivity contribution is 7.71. The topological polar surface area (TPSA) is 43.8 Å². The number of anilines is 1. The van der Waals surface area contributed by atoms with Gasteiger partial charge in [-0.1, -0.05) is 48.5 Å². The molecule has 2 heterocycles. The Kier molecular flexibility index (Phi) is 3.59. The van der Waals surface area contributed by atoms with E-state index in [9.17, 15) is 9.67 Å². The molecule has 0 aromatic heterocycles. The molecule has 5 heteroatoms. The molecule has 1 N–H and O–H groups in total. The van der Waals surface area contributed by atoms with Crippen LogP contribution in [0.25, 0.3) is 10.8 Å². The van der Waals surface area contributed by atoms with E-state index in [1.807, 2.05) is 71.4 Å². The lowest BCUT2D eigenvalue weighted by atomic mass is 10.1. The maximum atomic E-state index is 14.5. The van der Waals surface area contributed by atoms with Gasteiger partial charge in [-0.25, -0.2) is 4.67 Å². The van der Waals surface area contributed by atoms with Crippen LogP contribution in [0.2, 0.25) is 0 Å². The summed E-state index contributed by atoms with van der Waals surface area (Å²) in [4.78, 5) is 0. The molecule has 0 radical (unpaired) electrons. The molecule has 0 unspecified atom stereocenters. The third-order valence-corrected chi connectivity index (χ3v) is 8.91. The monoisotopic (exact) mass is 364 g/mol. The smallest absolute Gasteiger partial charge is 0.273 e. The Labute approximate surface area is 153 Å². The van der Waals surface area contributed by atoms with Gasteiger partial charge < -0.3 is 9.78 Å². The minimum absolute atomic E-state index is 0.153. The lowest BCUT2D eigenvalue weighted by Crippen LogP contribution is -2.27. The zero-order valence-corrected chi connectivity index (χ0v) is 15.3. The second-order valence-corrected chi connectivity index (χ2v) is 9.64. The van der Waals surface area contributed by atoms with Gasteiger partial charge in [0.15, 0.2) is 0 Å². The summed E-state index contributed by atoms with van der Waals surface area (Å²) in [6, 6.07) is 21.8. The number of para-hydroxylation sites is 1. The molecule has 0 saturated carbocycles. The first-order valence-corrected chi connectivity index (χ1v) is 10.7. The van der Waals surface area contributed by atoms with E-state index in [0.29, 0.717) is 5.30 Å². The minimum Gasteiger partial charge on any atom is -0.506 e. The fourth-order valence-corrected chi connectivity index (χ4v) is 7.80. The molecule has 0 amide bonds. The number of nitrogens with zero attached hydrogens (tertiary/aromatic N) is 2. The third-order valence-electron chi connectivity index (χ3n) is 5.65. The molecule has 4 nitrogen and oxygen atoms in total. The summed E-state index contributed by atoms with van der Waals surface area (Å²) in [6.45, 7) is 1.56. The Morgan fingerprint density at radius 3 is 2.58 bits per heavy atom. The van der Waals surface area contributed by atoms with Crippen LogP contribution in [0.15, 0.2) is 66.7 Å². The molecule has 5 rings (SSSR count). The van der Waals surface area contributed by atoms with Crippen LogP contribution in [0.5, 0.6) is 5.75 Å². The minimum atomic E-state index is -3.08. The fourth-order valence-electron chi connectivity index (χ4n) is 4.42. The highest BCUT2D eigenvalue weighted by atomic mass is 31.2. The molecule has 132 valence electrons. The first-order valence-electron chi connectivity index (χ1n) is 9.11. The molecule has 0 aliphatic carbocycles. The first kappa shape index (κ1) is 15.9. The highest BCUT2D eigenvalue weighted by Gasteiger charge is 2.52. The maximum absolute atomic E-state index is 14.5. The molecule has 2 atom stereocenters. The van der Waals surface area contributed by atoms with Gasteiger partial charge in [0, 0.05) is 30.2 Å². The molecular weight excluding hydrogens is 343 g/mol. The van der Waals surface area contributed by atoms with Crippen LogP contribution in [0.3, 0.4) is 0 Å². The van der Waals surface area contributed by atoms with E-state index in [0.717, 1.165) is 42.4 Å². The number of hydrogen-bond donors (Lipinski definition) is 1. The Morgan fingerprint density at radius 1 is 0.962 bits per heavy atom. The average Bonchev–Trinajstić information content (AvgIpc) is 3.25. The predicted octanol–water partition coefficient (Wildman–Crippen LogP) is 4.35. The molecule has 26 heavy (non-hydrogen) atoms. The zero-order valence-electron chi connectivity index (χ0n) is 14.5. The van der Waals surface area contributed by atoms with Crippen molar-refractivity contribution < 1.29 is 9.67 Å². The molecule has 2 fully saturated rings. The van der Waals surface area contributed by atoms with Crippen LogP contribution in [-0.4, -0.2) is 28.9 Å². The second kappa shape index (κ2) is 5.87. The molecule has 3 aromatic rings. The van der Waals surface area contributed by atoms with Gasteiger partial charge >= 0.3 is 0 Å². The normalized spacial score (nSPS) is 25.7. The fraction of sp³-hybridized carbons (Fsp3) is 0.238. The van der Waals surface area contributed by atoms with Crippen molar-refractivity contribution in [1.82, 2.24) is 4.67 Å². The van der Waals surface area contributed by atoms with E-state index in [1.54, 1.807) is 0 Å². The van der Waals surface area contributed by atoms with Crippen LogP contribution in [0.1, 0.15) is 12.8 Å². The molecule has 2 aliphatic heterocycles. The summed E-state index contributed by atoms with van der Waals surface area (Å²) < 4.78 is 18.7. The van der Waals surface area contributed by atoms with Crippen LogP contribution in [0, 0.1) is 0 Å². The highest BCUT2D eigenvalue weighted by Crippen LogP contribution is 2.63. The summed E-state index contributed by atoms with van der Waals surface area (Å²) in [6.07, 6.45) is 2.12. The van der Waals surface area contributed by atoms with Gasteiger partial charge in [-0.3, -0.25) is 4.57 Å². The van der Waals surface area contributed by atoms with Crippen molar-refractivity contribution in [3.63, 3.8) is 0 Å². The van der Waals surface area contributed by atoms with E-state index in [2.05, 4.69) is 4.67 Å². The summed E-state index contributed by atoms with van der Waals surface area (Å²) in [7, 11) is -3.08. The van der Waals surface area contributed by atoms with Gasteiger partial charge in [-0.15, -0.1) is 0 Å². The summed E-state index contributed by atoms with van der Waals surface area (Å²) in [5.41, 5.74) is 0.956. The standard InChI is InChI=1S/C21H21N2O2P/c24-21-19-11-5-4-7-16(19)12-13-20(21)26(25)22-14-6-10-18(22)15-23(26)17-8-2-1-3-9-17/h1-5,7-9,11-13,18,24H,6,10,14-15H2/t18-,26-/m0/s1. The van der Waals surface area contributed by atoms with Crippen LogP contribution in [0.4, 0.5) is 5.69 Å². The average molecular weight is 364 g/mol. The first-order chi connectivity index (χ1) is 12.7. The molecule has 0 spiro atoms. The van der Waals surface area contributed by atoms with Crippen molar-refractivity contribution >= 4 is 29.2 Å². The number of fused-ring (bicyclic) bond motifs is 2. The van der Waals surface area contributed by atoms with Crippen molar-refractivity contribution in [1.29, 1.82) is 0 Å². The van der Waals surface area contributed by atoms with E-state index in [-0.39, 0.29) is 11.8 Å². The quantitative estimate of drug-likeness (QED) is 0.687. The van der Waals surface area contributed by atoms with Crippen molar-refractivity contribution in [2.24, 2.45) is 0 Å². The number of benzene rings is 3. The van der Waals surface area contributed by atoms with Gasteiger partial charge in [0.2, 0.25) is 0 Å². The van der Waals surface area contributed by atoms with Crippen molar-refractivity contribution in [2.75, 3.05) is 17.8 Å². The lowest BCUT2D eigenvalue weighted by Gasteiger charge is -2.31. The molecule has 2 aliphatic rings. The van der Waals surface area contributed by atoms with E-state index in [1.165, 1.54) is 0 Å². The van der Waals surface area contributed by atoms with E-state index < -0.39 is 7.44 Å². The largest absolute Gasteiger partial charge is 0.506 e. The third kappa shape index (κ3) is 2.16. The predicted molar refractivity (Wildman–Crippen MR) is 106 cm³/mol. The van der Waals surface area contributed by atoms with Crippen molar-refractivity contribution in [2.45, 2.75) is 18.9 Å². The SMILES string of the molecule is O=[P@]1(c2ccc3ccccc3c2O)N(c2ccccc2)C[C@@H]2CCCN21. The van der Waals surface area contributed by atoms with Gasteiger partial charge in [-0.05, 0) is 36.4 Å². The summed E-state index contributed by atoms with van der Waals surface area (Å²) in [5.74, 6) is 0.153. The molecule has 3 aromatic carbocycles. The Bertz CT molecular complexity index is 1020. The van der Waals surface area contributed by atoms with Crippen molar-refractivity contribution in [3.8, 4) is 5.75 Å². The zero-order chi connectivity index (χ0) is 17.7. The maximum Gasteiger partial charge on any atom is 0.273 e. The lowest BCUT2D eigenvalue weighted by molar-refractivity contribution is 0.434. The molecule has 2 saturated heterocycles. The van der Waals surface area contributed by atoms with Crippen LogP contribution in [-0.2, 0) is 4.57 Å². The number of rotatable bonds is 2. The van der Waals surface area contributed by atoms with E-state index >= 15 is 0 Å². The van der Waals surface area contributed by atoms with Gasteiger partial charge in [0.25, 0.3) is 7.44 Å². The Morgan fingerprint density at radius 2 is 1.73 bits per heavy atom. The van der Waals surface area contributed by atoms with Crippen molar-refractivity contribution in [3.05, 3.63) is 66.7 Å². The van der Waals surface area contributed by atoms with Gasteiger partial charge in [0.05, 0.1) is 5.30 Å². The molecular formula is C21H21N2O2P. The summed E-state index contributed by atoms with van der Waals surface area (Å²) in [5, 5.41) is 13.3. The van der Waals surface area contributed by atoms with E-state index in [4.69, 9.17) is 0 Å². The summed E-state index contributed by atoms with van der Waals surface area (Å²) >= 11 is 0. The van der Waals surface area contributed by atoms with Crippen LogP contribution < -0.4 is 9.97 Å². The number of hydrogen-bond acceptors (Lipinski definition) is 2. The van der Waals surface area contributed by atoms with Gasteiger partial charge in [-0.2, -0.15) is 0 Å². The molecule has 0 bridgehead atoms. The second-order valence-electron chi connectivity index (χ2n) is 7.08. The van der Waals surface area contributed by atoms with Gasteiger partial charge in [0.1, 0.15) is 5.75 Å². The number of phenols is 1. The van der Waals surface area contributed by atoms with Crippen LogP contribution >= 0.6 is 7.44 Å². The Hall–Kier alpha value is -2.29. The Balaban J connectivity index is 1.73.